The van der Waals surface area contributed by atoms with Gasteiger partial charge in [-0.1, -0.05) is 30.1 Å². The third kappa shape index (κ3) is 3.28. The van der Waals surface area contributed by atoms with E-state index in [0.717, 1.165) is 30.6 Å². The van der Waals surface area contributed by atoms with Crippen molar-refractivity contribution in [1.82, 2.24) is 14.7 Å². The molecule has 2 rings (SSSR count). The monoisotopic (exact) mass is 303 g/mol. The number of halogens is 2. The zero-order chi connectivity index (χ0) is 14.0. The summed E-state index contributed by atoms with van der Waals surface area (Å²) < 4.78 is 1.05. The fourth-order valence-corrected chi connectivity index (χ4v) is 2.47. The van der Waals surface area contributed by atoms with Crippen molar-refractivity contribution >= 4 is 29.1 Å². The van der Waals surface area contributed by atoms with Crippen LogP contribution < -0.4 is 5.56 Å². The number of nitrogens with zero attached hydrogens (tertiary/aromatic N) is 3. The predicted molar refractivity (Wildman–Crippen MR) is 73.5 cm³/mol. The predicted octanol–water partition coefficient (Wildman–Crippen LogP) is 1.81. The van der Waals surface area contributed by atoms with Gasteiger partial charge in [0.15, 0.2) is 0 Å². The van der Waals surface area contributed by atoms with Crippen LogP contribution in [0.3, 0.4) is 0 Å². The van der Waals surface area contributed by atoms with Gasteiger partial charge in [-0.05, 0) is 18.8 Å². The molecule has 1 saturated heterocycles. The van der Waals surface area contributed by atoms with Crippen LogP contribution in [0.5, 0.6) is 0 Å². The van der Waals surface area contributed by atoms with Crippen molar-refractivity contribution in [1.29, 1.82) is 0 Å². The summed E-state index contributed by atoms with van der Waals surface area (Å²) in [6.07, 6.45) is 3.41. The largest absolute Gasteiger partial charge is 0.341 e. The molecule has 0 aliphatic carbocycles. The van der Waals surface area contributed by atoms with Gasteiger partial charge in [-0.2, -0.15) is 5.10 Å². The second-order valence-electron chi connectivity index (χ2n) is 4.86. The van der Waals surface area contributed by atoms with E-state index in [-0.39, 0.29) is 22.5 Å². The van der Waals surface area contributed by atoms with Crippen LogP contribution in [0.15, 0.2) is 11.0 Å². The Morgan fingerprint density at radius 1 is 1.53 bits per heavy atom. The molecule has 2 heterocycles. The topological polar surface area (TPSA) is 55.2 Å². The van der Waals surface area contributed by atoms with E-state index >= 15 is 0 Å². The van der Waals surface area contributed by atoms with Crippen LogP contribution in [0.2, 0.25) is 10.0 Å². The summed E-state index contributed by atoms with van der Waals surface area (Å²) in [5, 5.41) is 3.83. The number of carbonyl (C=O) groups excluding carboxylic acids is 1. The second-order valence-corrected chi connectivity index (χ2v) is 5.64. The van der Waals surface area contributed by atoms with E-state index in [1.807, 2.05) is 0 Å². The average Bonchev–Trinajstić information content (AvgIpc) is 2.39. The van der Waals surface area contributed by atoms with Gasteiger partial charge in [0, 0.05) is 13.1 Å². The van der Waals surface area contributed by atoms with E-state index in [2.05, 4.69) is 12.0 Å². The van der Waals surface area contributed by atoms with Crippen LogP contribution >= 0.6 is 23.2 Å². The minimum atomic E-state index is -0.535. The number of carbonyl (C=O) groups is 1. The first-order valence-electron chi connectivity index (χ1n) is 6.18. The lowest BCUT2D eigenvalue weighted by Gasteiger charge is -2.30. The molecule has 1 aliphatic rings. The first-order valence-corrected chi connectivity index (χ1v) is 6.93. The molecule has 19 heavy (non-hydrogen) atoms. The molecular weight excluding hydrogens is 289 g/mol. The Bertz CT molecular complexity index is 544. The van der Waals surface area contributed by atoms with Gasteiger partial charge in [0.1, 0.15) is 11.6 Å². The standard InChI is InChI=1S/C12H15Cl2N3O2/c1-8-3-2-4-16(6-8)10(18)7-17-12(19)11(14)9(13)5-15-17/h5,8H,2-4,6-7H2,1H3/t8-/m1/s1. The Balaban J connectivity index is 2.11. The smallest absolute Gasteiger partial charge is 0.287 e. The van der Waals surface area contributed by atoms with Gasteiger partial charge in [0.05, 0.1) is 11.2 Å². The van der Waals surface area contributed by atoms with Gasteiger partial charge in [-0.15, -0.1) is 0 Å². The zero-order valence-corrected chi connectivity index (χ0v) is 12.1. The molecule has 0 aromatic carbocycles. The Labute approximate surface area is 121 Å². The van der Waals surface area contributed by atoms with Gasteiger partial charge >= 0.3 is 0 Å². The van der Waals surface area contributed by atoms with Crippen molar-refractivity contribution in [3.63, 3.8) is 0 Å². The normalized spacial score (nSPS) is 19.5. The molecule has 1 aromatic heterocycles. The maximum Gasteiger partial charge on any atom is 0.287 e. The zero-order valence-electron chi connectivity index (χ0n) is 10.6. The summed E-state index contributed by atoms with van der Waals surface area (Å²) in [6.45, 7) is 3.49. The number of amides is 1. The number of piperidine rings is 1. The van der Waals surface area contributed by atoms with E-state index < -0.39 is 5.56 Å². The molecule has 1 atom stereocenters. The SMILES string of the molecule is C[C@@H]1CCCN(C(=O)Cn2ncc(Cl)c(Cl)c2=O)C1. The van der Waals surface area contributed by atoms with Crippen LogP contribution in [0.25, 0.3) is 0 Å². The Morgan fingerprint density at radius 2 is 2.26 bits per heavy atom. The summed E-state index contributed by atoms with van der Waals surface area (Å²) in [6, 6.07) is 0. The molecule has 7 heteroatoms. The Hall–Kier alpha value is -1.07. The van der Waals surface area contributed by atoms with Crippen LogP contribution in [-0.4, -0.2) is 33.7 Å². The number of hydrogen-bond donors (Lipinski definition) is 0. The fourth-order valence-electron chi connectivity index (χ4n) is 2.20. The fraction of sp³-hybridized carbons (Fsp3) is 0.583. The van der Waals surface area contributed by atoms with E-state index in [1.54, 1.807) is 4.90 Å². The van der Waals surface area contributed by atoms with E-state index in [9.17, 15) is 9.59 Å². The van der Waals surface area contributed by atoms with Crippen LogP contribution in [0.1, 0.15) is 19.8 Å². The lowest BCUT2D eigenvalue weighted by Crippen LogP contribution is -2.42. The molecular formula is C12H15Cl2N3O2. The van der Waals surface area contributed by atoms with Crippen LogP contribution in [-0.2, 0) is 11.3 Å². The third-order valence-corrected chi connectivity index (χ3v) is 3.99. The molecule has 0 saturated carbocycles. The van der Waals surface area contributed by atoms with Crippen molar-refractivity contribution in [3.8, 4) is 0 Å². The number of aromatic nitrogens is 2. The number of rotatable bonds is 2. The molecule has 0 bridgehead atoms. The highest BCUT2D eigenvalue weighted by atomic mass is 35.5. The number of likely N-dealkylation sites (tertiary alicyclic amines) is 1. The summed E-state index contributed by atoms with van der Waals surface area (Å²) in [7, 11) is 0. The van der Waals surface area contributed by atoms with Crippen molar-refractivity contribution in [2.24, 2.45) is 5.92 Å². The average molecular weight is 304 g/mol. The van der Waals surface area contributed by atoms with Crippen molar-refractivity contribution < 1.29 is 4.79 Å². The quantitative estimate of drug-likeness (QED) is 0.837. The second kappa shape index (κ2) is 5.92. The summed E-state index contributed by atoms with van der Waals surface area (Å²) in [4.78, 5) is 25.7. The minimum Gasteiger partial charge on any atom is -0.341 e. The molecule has 1 aliphatic heterocycles. The first-order chi connectivity index (χ1) is 8.99. The Kier molecular flexibility index (Phi) is 4.47. The van der Waals surface area contributed by atoms with E-state index in [1.165, 1.54) is 6.20 Å². The van der Waals surface area contributed by atoms with E-state index in [4.69, 9.17) is 23.2 Å². The molecule has 0 N–H and O–H groups in total. The summed E-state index contributed by atoms with van der Waals surface area (Å²) in [5.74, 6) is 0.385. The van der Waals surface area contributed by atoms with Gasteiger partial charge in [0.2, 0.25) is 5.91 Å². The molecule has 0 radical (unpaired) electrons. The van der Waals surface area contributed by atoms with Gasteiger partial charge in [-0.3, -0.25) is 9.59 Å². The molecule has 104 valence electrons. The lowest BCUT2D eigenvalue weighted by molar-refractivity contribution is -0.133. The highest BCUT2D eigenvalue weighted by Crippen LogP contribution is 2.16. The molecule has 0 unspecified atom stereocenters. The van der Waals surface area contributed by atoms with Crippen LogP contribution in [0.4, 0.5) is 0 Å². The maximum atomic E-state index is 12.1. The van der Waals surface area contributed by atoms with Crippen LogP contribution in [0, 0.1) is 5.92 Å². The summed E-state index contributed by atoms with van der Waals surface area (Å²) in [5.41, 5.74) is -0.535. The lowest BCUT2D eigenvalue weighted by atomic mass is 10.0. The highest BCUT2D eigenvalue weighted by molar-refractivity contribution is 6.41. The molecule has 5 nitrogen and oxygen atoms in total. The molecule has 1 amide bonds. The molecule has 0 spiro atoms. The first kappa shape index (κ1) is 14.3. The van der Waals surface area contributed by atoms with Crippen molar-refractivity contribution in [2.45, 2.75) is 26.3 Å². The molecule has 1 fully saturated rings. The van der Waals surface area contributed by atoms with Crippen molar-refractivity contribution in [2.75, 3.05) is 13.1 Å². The highest BCUT2D eigenvalue weighted by Gasteiger charge is 2.22. The van der Waals surface area contributed by atoms with Gasteiger partial charge in [0.25, 0.3) is 5.56 Å². The molecule has 1 aromatic rings. The van der Waals surface area contributed by atoms with Gasteiger partial charge < -0.3 is 4.90 Å². The van der Waals surface area contributed by atoms with Gasteiger partial charge in [-0.25, -0.2) is 4.68 Å². The third-order valence-electron chi connectivity index (χ3n) is 3.24. The summed E-state index contributed by atoms with van der Waals surface area (Å²) >= 11 is 11.4. The Morgan fingerprint density at radius 3 is 2.95 bits per heavy atom. The van der Waals surface area contributed by atoms with E-state index in [0.29, 0.717) is 5.92 Å². The van der Waals surface area contributed by atoms with Crippen molar-refractivity contribution in [3.05, 3.63) is 26.6 Å². The maximum absolute atomic E-state index is 12.1. The number of hydrogen-bond acceptors (Lipinski definition) is 3. The minimum absolute atomic E-state index is 0.0948.